The molecule has 2 aromatic rings. The van der Waals surface area contributed by atoms with Crippen molar-refractivity contribution in [3.63, 3.8) is 0 Å². The molecule has 0 radical (unpaired) electrons. The Bertz CT molecular complexity index is 945. The molecule has 1 aromatic heterocycles. The van der Waals surface area contributed by atoms with Crippen LogP contribution in [0.25, 0.3) is 0 Å². The van der Waals surface area contributed by atoms with E-state index in [1.165, 1.54) is 11.3 Å². The topological polar surface area (TPSA) is 66.5 Å². The summed E-state index contributed by atoms with van der Waals surface area (Å²) in [5.41, 5.74) is 2.45. The number of carbonyl (C=O) groups excluding carboxylic acids is 1. The summed E-state index contributed by atoms with van der Waals surface area (Å²) in [5.74, 6) is 0.414. The molecule has 26 heavy (non-hydrogen) atoms. The van der Waals surface area contributed by atoms with Crippen LogP contribution in [0, 0.1) is 12.8 Å². The first-order valence-corrected chi connectivity index (χ1v) is 11.2. The van der Waals surface area contributed by atoms with Crippen LogP contribution in [-0.2, 0) is 27.8 Å². The summed E-state index contributed by atoms with van der Waals surface area (Å²) in [5, 5.41) is 0. The number of para-hydroxylation sites is 1. The number of anilines is 1. The van der Waals surface area contributed by atoms with Crippen molar-refractivity contribution in [2.24, 2.45) is 5.92 Å². The summed E-state index contributed by atoms with van der Waals surface area (Å²) < 4.78 is 28.5. The number of aryl methyl sites for hydroxylation is 1. The maximum atomic E-state index is 12.8. The molecule has 5 nitrogen and oxygen atoms in total. The van der Waals surface area contributed by atoms with Crippen molar-refractivity contribution in [2.45, 2.75) is 43.4 Å². The minimum absolute atomic E-state index is 0.182. The molecular formula is C19H22N2O3S2. The molecule has 0 saturated heterocycles. The van der Waals surface area contributed by atoms with E-state index in [4.69, 9.17) is 0 Å². The molecule has 2 heterocycles. The van der Waals surface area contributed by atoms with Crippen LogP contribution in [-0.4, -0.2) is 25.8 Å². The second-order valence-electron chi connectivity index (χ2n) is 7.07. The van der Waals surface area contributed by atoms with Crippen LogP contribution >= 0.6 is 11.3 Å². The Labute approximate surface area is 158 Å². The average Bonchev–Trinajstić information content (AvgIpc) is 2.99. The van der Waals surface area contributed by atoms with Gasteiger partial charge >= 0.3 is 0 Å². The molecule has 2 aliphatic rings. The number of amides is 1. The van der Waals surface area contributed by atoms with Gasteiger partial charge in [0.15, 0.2) is 0 Å². The van der Waals surface area contributed by atoms with E-state index >= 15 is 0 Å². The van der Waals surface area contributed by atoms with Crippen LogP contribution < -0.4 is 4.72 Å². The van der Waals surface area contributed by atoms with Gasteiger partial charge in [-0.25, -0.2) is 8.42 Å². The maximum absolute atomic E-state index is 12.8. The molecule has 0 spiro atoms. The predicted molar refractivity (Wildman–Crippen MR) is 103 cm³/mol. The molecule has 0 bridgehead atoms. The molecule has 4 rings (SSSR count). The van der Waals surface area contributed by atoms with Crippen molar-refractivity contribution in [1.82, 2.24) is 4.90 Å². The number of thiophene rings is 1. The van der Waals surface area contributed by atoms with Gasteiger partial charge in [0.25, 0.3) is 10.0 Å². The highest BCUT2D eigenvalue weighted by molar-refractivity contribution is 7.94. The lowest BCUT2D eigenvalue weighted by atomic mass is 9.84. The van der Waals surface area contributed by atoms with Crippen molar-refractivity contribution in [1.29, 1.82) is 0 Å². The average molecular weight is 391 g/mol. The summed E-state index contributed by atoms with van der Waals surface area (Å²) in [4.78, 5) is 15.4. The Morgan fingerprint density at radius 3 is 2.73 bits per heavy atom. The molecule has 1 aromatic carbocycles. The lowest BCUT2D eigenvalue weighted by molar-refractivity contribution is -0.139. The Balaban J connectivity index is 1.54. The predicted octanol–water partition coefficient (Wildman–Crippen LogP) is 3.54. The normalized spacial score (nSPS) is 17.5. The van der Waals surface area contributed by atoms with Gasteiger partial charge in [-0.1, -0.05) is 24.6 Å². The maximum Gasteiger partial charge on any atom is 0.271 e. The van der Waals surface area contributed by atoms with Crippen molar-refractivity contribution in [3.8, 4) is 0 Å². The summed E-state index contributed by atoms with van der Waals surface area (Å²) >= 11 is 1.32. The third-order valence-corrected chi connectivity index (χ3v) is 8.34. The Morgan fingerprint density at radius 1 is 1.27 bits per heavy atom. The number of benzene rings is 1. The molecule has 1 saturated carbocycles. The van der Waals surface area contributed by atoms with Crippen LogP contribution in [0.15, 0.2) is 34.5 Å². The van der Waals surface area contributed by atoms with E-state index < -0.39 is 10.0 Å². The first-order valence-electron chi connectivity index (χ1n) is 8.93. The summed E-state index contributed by atoms with van der Waals surface area (Å²) in [6, 6.07) is 9.07. The highest BCUT2D eigenvalue weighted by Crippen LogP contribution is 2.35. The Hall–Kier alpha value is -1.86. The number of carbonyl (C=O) groups is 1. The monoisotopic (exact) mass is 390 g/mol. The molecule has 7 heteroatoms. The fourth-order valence-electron chi connectivity index (χ4n) is 3.42. The Kier molecular flexibility index (Phi) is 4.52. The first-order chi connectivity index (χ1) is 12.4. The quantitative estimate of drug-likeness (QED) is 0.868. The van der Waals surface area contributed by atoms with E-state index in [9.17, 15) is 13.2 Å². The van der Waals surface area contributed by atoms with Gasteiger partial charge in [0.2, 0.25) is 5.91 Å². The molecule has 1 fully saturated rings. The van der Waals surface area contributed by atoms with Gasteiger partial charge in [-0.05, 0) is 49.4 Å². The van der Waals surface area contributed by atoms with Crippen LogP contribution in [0.2, 0.25) is 0 Å². The van der Waals surface area contributed by atoms with Gasteiger partial charge in [-0.2, -0.15) is 0 Å². The fourth-order valence-corrected chi connectivity index (χ4v) is 6.10. The number of rotatable bonds is 4. The van der Waals surface area contributed by atoms with Gasteiger partial charge in [0.05, 0.1) is 5.69 Å². The molecule has 1 aliphatic carbocycles. The van der Waals surface area contributed by atoms with E-state index in [1.807, 2.05) is 30.0 Å². The minimum Gasteiger partial charge on any atom is -0.338 e. The number of fused-ring (bicyclic) bond motifs is 1. The summed E-state index contributed by atoms with van der Waals surface area (Å²) in [6.07, 6.45) is 3.86. The highest BCUT2D eigenvalue weighted by Gasteiger charge is 2.32. The summed E-state index contributed by atoms with van der Waals surface area (Å²) in [7, 11) is -3.61. The SMILES string of the molecule is Cc1ccccc1NS(=O)(=O)c1cc2c(s1)CCN(C(=O)C1CCC1)C2. The number of hydrogen-bond donors (Lipinski definition) is 1. The van der Waals surface area contributed by atoms with Gasteiger partial charge in [-0.15, -0.1) is 11.3 Å². The Morgan fingerprint density at radius 2 is 2.04 bits per heavy atom. The number of nitrogens with zero attached hydrogens (tertiary/aromatic N) is 1. The minimum atomic E-state index is -3.61. The smallest absolute Gasteiger partial charge is 0.271 e. The van der Waals surface area contributed by atoms with E-state index in [2.05, 4.69) is 4.72 Å². The number of hydrogen-bond acceptors (Lipinski definition) is 4. The zero-order valence-electron chi connectivity index (χ0n) is 14.7. The number of sulfonamides is 1. The highest BCUT2D eigenvalue weighted by atomic mass is 32.2. The molecule has 1 N–H and O–H groups in total. The molecule has 0 atom stereocenters. The first kappa shape index (κ1) is 17.5. The van der Waals surface area contributed by atoms with E-state index in [-0.39, 0.29) is 11.8 Å². The van der Waals surface area contributed by atoms with Crippen molar-refractivity contribution in [2.75, 3.05) is 11.3 Å². The van der Waals surface area contributed by atoms with Crippen LogP contribution in [0.1, 0.15) is 35.3 Å². The molecule has 138 valence electrons. The van der Waals surface area contributed by atoms with Gasteiger partial charge in [-0.3, -0.25) is 9.52 Å². The van der Waals surface area contributed by atoms with Crippen LogP contribution in [0.4, 0.5) is 5.69 Å². The van der Waals surface area contributed by atoms with E-state index in [1.54, 1.807) is 12.1 Å². The van der Waals surface area contributed by atoms with Crippen LogP contribution in [0.3, 0.4) is 0 Å². The molecule has 1 amide bonds. The zero-order chi connectivity index (χ0) is 18.3. The van der Waals surface area contributed by atoms with Gasteiger partial charge < -0.3 is 4.90 Å². The third-order valence-electron chi connectivity index (χ3n) is 5.26. The van der Waals surface area contributed by atoms with Crippen molar-refractivity contribution in [3.05, 3.63) is 46.3 Å². The van der Waals surface area contributed by atoms with Crippen molar-refractivity contribution < 1.29 is 13.2 Å². The second kappa shape index (κ2) is 6.70. The standard InChI is InChI=1S/C19H22N2O3S2/c1-13-5-2-3-8-16(13)20-26(23,24)18-11-15-12-21(10-9-17(15)25-18)19(22)14-6-4-7-14/h2-3,5,8,11,14,20H,4,6-7,9-10,12H2,1H3. The number of nitrogens with one attached hydrogen (secondary N) is 1. The lowest BCUT2D eigenvalue weighted by Crippen LogP contribution is -2.41. The van der Waals surface area contributed by atoms with Crippen LogP contribution in [0.5, 0.6) is 0 Å². The van der Waals surface area contributed by atoms with Gasteiger partial charge in [0, 0.05) is 23.9 Å². The third kappa shape index (κ3) is 3.25. The largest absolute Gasteiger partial charge is 0.338 e. The molecular weight excluding hydrogens is 368 g/mol. The molecule has 1 aliphatic heterocycles. The van der Waals surface area contributed by atoms with Crippen molar-refractivity contribution >= 4 is 33.0 Å². The van der Waals surface area contributed by atoms with E-state index in [0.717, 1.165) is 41.7 Å². The fraction of sp³-hybridized carbons (Fsp3) is 0.421. The second-order valence-corrected chi connectivity index (χ2v) is 10.1. The zero-order valence-corrected chi connectivity index (χ0v) is 16.3. The van der Waals surface area contributed by atoms with Gasteiger partial charge in [0.1, 0.15) is 4.21 Å². The molecule has 0 unspecified atom stereocenters. The van der Waals surface area contributed by atoms with E-state index in [0.29, 0.717) is 23.0 Å². The summed E-state index contributed by atoms with van der Waals surface area (Å²) in [6.45, 7) is 3.09. The lowest BCUT2D eigenvalue weighted by Gasteiger charge is -2.33.